The van der Waals surface area contributed by atoms with Crippen LogP contribution in [0.3, 0.4) is 0 Å². The zero-order valence-corrected chi connectivity index (χ0v) is 16.7. The molecular formula is C21H25FN2O3S. The van der Waals surface area contributed by atoms with Crippen LogP contribution in [0.1, 0.15) is 36.9 Å². The molecule has 1 saturated heterocycles. The summed E-state index contributed by atoms with van der Waals surface area (Å²) in [5.74, 6) is -1.15. The standard InChI is InChI=1S/C21H25FN2O3S/c1-16(17-7-3-2-4-8-17)23-21(25)18-11-13-24(14-12-18)28(26,27)15-19-9-5-6-10-20(19)22/h2-10,16,18H,11-15H2,1H3,(H,23,25)/t16-/m1/s1. The summed E-state index contributed by atoms with van der Waals surface area (Å²) in [4.78, 5) is 12.5. The smallest absolute Gasteiger partial charge is 0.223 e. The van der Waals surface area contributed by atoms with Crippen LogP contribution in [0.2, 0.25) is 0 Å². The van der Waals surface area contributed by atoms with E-state index < -0.39 is 15.8 Å². The molecule has 28 heavy (non-hydrogen) atoms. The number of carbonyl (C=O) groups excluding carboxylic acids is 1. The maximum atomic E-state index is 13.8. The second-order valence-corrected chi connectivity index (χ2v) is 9.13. The van der Waals surface area contributed by atoms with Crippen LogP contribution in [-0.2, 0) is 20.6 Å². The zero-order chi connectivity index (χ0) is 20.1. The van der Waals surface area contributed by atoms with Crippen molar-refractivity contribution in [2.24, 2.45) is 5.92 Å². The van der Waals surface area contributed by atoms with Gasteiger partial charge in [0.15, 0.2) is 0 Å². The second kappa shape index (κ2) is 8.84. The SMILES string of the molecule is C[C@@H](NC(=O)C1CCN(S(=O)(=O)Cc2ccccc2F)CC1)c1ccccc1. The van der Waals surface area contributed by atoms with Gasteiger partial charge < -0.3 is 5.32 Å². The molecule has 1 atom stereocenters. The lowest BCUT2D eigenvalue weighted by Crippen LogP contribution is -2.43. The molecule has 0 bridgehead atoms. The number of amides is 1. The summed E-state index contributed by atoms with van der Waals surface area (Å²) < 4.78 is 40.4. The third kappa shape index (κ3) is 4.97. The van der Waals surface area contributed by atoms with Crippen molar-refractivity contribution in [1.82, 2.24) is 9.62 Å². The van der Waals surface area contributed by atoms with Gasteiger partial charge >= 0.3 is 0 Å². The van der Waals surface area contributed by atoms with Crippen LogP contribution >= 0.6 is 0 Å². The van der Waals surface area contributed by atoms with E-state index in [0.717, 1.165) is 5.56 Å². The molecule has 3 rings (SSSR count). The van der Waals surface area contributed by atoms with E-state index in [2.05, 4.69) is 5.32 Å². The lowest BCUT2D eigenvalue weighted by molar-refractivity contribution is -0.126. The highest BCUT2D eigenvalue weighted by Gasteiger charge is 2.32. The molecule has 7 heteroatoms. The first-order valence-corrected chi connectivity index (χ1v) is 11.0. The predicted octanol–water partition coefficient (Wildman–Crippen LogP) is 3.24. The van der Waals surface area contributed by atoms with Crippen molar-refractivity contribution in [3.63, 3.8) is 0 Å². The molecule has 0 aliphatic carbocycles. The van der Waals surface area contributed by atoms with Crippen molar-refractivity contribution in [3.05, 3.63) is 71.5 Å². The van der Waals surface area contributed by atoms with Crippen LogP contribution < -0.4 is 5.32 Å². The van der Waals surface area contributed by atoms with Crippen molar-refractivity contribution in [2.75, 3.05) is 13.1 Å². The highest BCUT2D eigenvalue weighted by Crippen LogP contribution is 2.23. The average molecular weight is 405 g/mol. The van der Waals surface area contributed by atoms with Gasteiger partial charge in [0, 0.05) is 24.6 Å². The minimum atomic E-state index is -3.61. The normalized spacial score (nSPS) is 17.2. The second-order valence-electron chi connectivity index (χ2n) is 7.16. The number of carbonyl (C=O) groups is 1. The van der Waals surface area contributed by atoms with Crippen LogP contribution in [0.15, 0.2) is 54.6 Å². The zero-order valence-electron chi connectivity index (χ0n) is 15.8. The first-order valence-electron chi connectivity index (χ1n) is 9.43. The van der Waals surface area contributed by atoms with Crippen molar-refractivity contribution in [3.8, 4) is 0 Å². The quantitative estimate of drug-likeness (QED) is 0.804. The Balaban J connectivity index is 1.55. The third-order valence-corrected chi connectivity index (χ3v) is 7.00. The van der Waals surface area contributed by atoms with Gasteiger partial charge in [-0.1, -0.05) is 48.5 Å². The van der Waals surface area contributed by atoms with Crippen LogP contribution in [0, 0.1) is 11.7 Å². The molecular weight excluding hydrogens is 379 g/mol. The molecule has 2 aromatic rings. The van der Waals surface area contributed by atoms with Crippen LogP contribution in [0.5, 0.6) is 0 Å². The Morgan fingerprint density at radius 3 is 2.36 bits per heavy atom. The van der Waals surface area contributed by atoms with Gasteiger partial charge in [-0.25, -0.2) is 17.1 Å². The maximum absolute atomic E-state index is 13.8. The number of nitrogens with one attached hydrogen (secondary N) is 1. The van der Waals surface area contributed by atoms with Gasteiger partial charge in [-0.3, -0.25) is 4.79 Å². The summed E-state index contributed by atoms with van der Waals surface area (Å²) in [5.41, 5.74) is 1.19. The minimum absolute atomic E-state index is 0.0532. The molecule has 1 heterocycles. The van der Waals surface area contributed by atoms with Gasteiger partial charge in [0.05, 0.1) is 11.8 Å². The summed E-state index contributed by atoms with van der Waals surface area (Å²) in [6.45, 7) is 2.48. The van der Waals surface area contributed by atoms with Crippen molar-refractivity contribution in [2.45, 2.75) is 31.6 Å². The van der Waals surface area contributed by atoms with E-state index in [1.165, 1.54) is 22.5 Å². The van der Waals surface area contributed by atoms with E-state index in [0.29, 0.717) is 12.8 Å². The van der Waals surface area contributed by atoms with Crippen LogP contribution in [-0.4, -0.2) is 31.7 Å². The summed E-state index contributed by atoms with van der Waals surface area (Å²) in [7, 11) is -3.61. The molecule has 1 aliphatic heterocycles. The average Bonchev–Trinajstić information content (AvgIpc) is 2.70. The van der Waals surface area contributed by atoms with Gasteiger partial charge in [0.2, 0.25) is 15.9 Å². The lowest BCUT2D eigenvalue weighted by atomic mass is 9.96. The topological polar surface area (TPSA) is 66.5 Å². The molecule has 150 valence electrons. The van der Waals surface area contributed by atoms with E-state index in [-0.39, 0.29) is 42.3 Å². The predicted molar refractivity (Wildman–Crippen MR) is 106 cm³/mol. The fourth-order valence-electron chi connectivity index (χ4n) is 3.46. The molecule has 0 aromatic heterocycles. The summed E-state index contributed by atoms with van der Waals surface area (Å²) in [6.07, 6.45) is 0.924. The number of nitrogens with zero attached hydrogens (tertiary/aromatic N) is 1. The van der Waals surface area contributed by atoms with Gasteiger partial charge in [-0.15, -0.1) is 0 Å². The van der Waals surface area contributed by atoms with Crippen molar-refractivity contribution < 1.29 is 17.6 Å². The molecule has 1 amide bonds. The van der Waals surface area contributed by atoms with E-state index >= 15 is 0 Å². The molecule has 5 nitrogen and oxygen atoms in total. The Labute approximate surface area is 165 Å². The molecule has 0 saturated carbocycles. The van der Waals surface area contributed by atoms with Crippen LogP contribution in [0.4, 0.5) is 4.39 Å². The fraction of sp³-hybridized carbons (Fsp3) is 0.381. The number of piperidine rings is 1. The number of sulfonamides is 1. The Morgan fingerprint density at radius 1 is 1.11 bits per heavy atom. The van der Waals surface area contributed by atoms with E-state index in [1.807, 2.05) is 37.3 Å². The first kappa shape index (κ1) is 20.5. The summed E-state index contributed by atoms with van der Waals surface area (Å²) in [5, 5.41) is 3.01. The van der Waals surface area contributed by atoms with E-state index in [4.69, 9.17) is 0 Å². The maximum Gasteiger partial charge on any atom is 0.223 e. The molecule has 0 spiro atoms. The van der Waals surface area contributed by atoms with Gasteiger partial charge in [0.1, 0.15) is 5.82 Å². The van der Waals surface area contributed by atoms with Crippen LogP contribution in [0.25, 0.3) is 0 Å². The number of halogens is 1. The lowest BCUT2D eigenvalue weighted by Gasteiger charge is -2.31. The monoisotopic (exact) mass is 404 g/mol. The number of hydrogen-bond acceptors (Lipinski definition) is 3. The molecule has 1 aliphatic rings. The molecule has 2 aromatic carbocycles. The fourth-order valence-corrected chi connectivity index (χ4v) is 5.03. The largest absolute Gasteiger partial charge is 0.349 e. The van der Waals surface area contributed by atoms with E-state index in [1.54, 1.807) is 6.07 Å². The molecule has 1 fully saturated rings. The van der Waals surface area contributed by atoms with Crippen molar-refractivity contribution in [1.29, 1.82) is 0 Å². The summed E-state index contributed by atoms with van der Waals surface area (Å²) in [6, 6.07) is 15.5. The number of hydrogen-bond donors (Lipinski definition) is 1. The molecule has 1 N–H and O–H groups in total. The Morgan fingerprint density at radius 2 is 1.71 bits per heavy atom. The van der Waals surface area contributed by atoms with Crippen molar-refractivity contribution >= 4 is 15.9 Å². The van der Waals surface area contributed by atoms with Gasteiger partial charge in [0.25, 0.3) is 0 Å². The first-order chi connectivity index (χ1) is 13.4. The molecule has 0 unspecified atom stereocenters. The number of benzene rings is 2. The Kier molecular flexibility index (Phi) is 6.46. The number of rotatable bonds is 6. The van der Waals surface area contributed by atoms with Gasteiger partial charge in [-0.2, -0.15) is 0 Å². The highest BCUT2D eigenvalue weighted by molar-refractivity contribution is 7.88. The minimum Gasteiger partial charge on any atom is -0.349 e. The third-order valence-electron chi connectivity index (χ3n) is 5.17. The van der Waals surface area contributed by atoms with Gasteiger partial charge in [-0.05, 0) is 31.4 Å². The Bertz CT molecular complexity index is 910. The highest BCUT2D eigenvalue weighted by atomic mass is 32.2. The molecule has 0 radical (unpaired) electrons. The Hall–Kier alpha value is -2.25. The summed E-state index contributed by atoms with van der Waals surface area (Å²) >= 11 is 0. The van der Waals surface area contributed by atoms with E-state index in [9.17, 15) is 17.6 Å².